The summed E-state index contributed by atoms with van der Waals surface area (Å²) in [6, 6.07) is 2.68. The highest BCUT2D eigenvalue weighted by Gasteiger charge is 2.26. The number of ether oxygens (including phenoxy) is 2. The van der Waals surface area contributed by atoms with Gasteiger partial charge < -0.3 is 25.6 Å². The van der Waals surface area contributed by atoms with Crippen LogP contribution in [0.3, 0.4) is 0 Å². The number of fused-ring (bicyclic) bond motifs is 2. The zero-order valence-electron chi connectivity index (χ0n) is 17.2. The summed E-state index contributed by atoms with van der Waals surface area (Å²) < 4.78 is 13.1. The Balaban J connectivity index is 1.77. The van der Waals surface area contributed by atoms with Crippen LogP contribution in [0.2, 0.25) is 0 Å². The highest BCUT2D eigenvalue weighted by molar-refractivity contribution is 6.01. The predicted octanol–water partition coefficient (Wildman–Crippen LogP) is 1.03. The Morgan fingerprint density at radius 2 is 2.00 bits per heavy atom. The van der Waals surface area contributed by atoms with Gasteiger partial charge in [0.15, 0.2) is 22.9 Å². The maximum absolute atomic E-state index is 12.3. The minimum Gasteiger partial charge on any atom is -0.477 e. The number of nitrogens with two attached hydrogens (primary N) is 1. The number of rotatable bonds is 8. The molecule has 0 bridgehead atoms. The van der Waals surface area contributed by atoms with E-state index in [-0.39, 0.29) is 47.3 Å². The molecule has 4 rings (SSSR count). The maximum Gasteiger partial charge on any atom is 0.345 e. The number of nitrogens with zero attached hydrogens (tertiary/aromatic N) is 6. The van der Waals surface area contributed by atoms with Crippen molar-refractivity contribution < 1.29 is 24.2 Å². The van der Waals surface area contributed by atoms with Gasteiger partial charge in [-0.25, -0.2) is 28.6 Å². The van der Waals surface area contributed by atoms with Crippen LogP contribution in [0.4, 0.5) is 11.6 Å². The van der Waals surface area contributed by atoms with Crippen molar-refractivity contribution in [3.63, 3.8) is 0 Å². The van der Waals surface area contributed by atoms with Crippen molar-refractivity contribution >= 4 is 34.9 Å². The van der Waals surface area contributed by atoms with Gasteiger partial charge in [0.25, 0.3) is 0 Å². The summed E-state index contributed by atoms with van der Waals surface area (Å²) >= 11 is 0. The van der Waals surface area contributed by atoms with Crippen LogP contribution in [0.15, 0.2) is 30.7 Å². The highest BCUT2D eigenvalue weighted by atomic mass is 16.5. The van der Waals surface area contributed by atoms with E-state index >= 15 is 0 Å². The lowest BCUT2D eigenvalue weighted by Gasteiger charge is -2.17. The summed E-state index contributed by atoms with van der Waals surface area (Å²) in [5.74, 6) is -1.74. The lowest BCUT2D eigenvalue weighted by Crippen LogP contribution is -2.20. The monoisotopic (exact) mass is 440 g/mol. The molecule has 0 amide bonds. The third-order valence-corrected chi connectivity index (χ3v) is 4.62. The van der Waals surface area contributed by atoms with Gasteiger partial charge in [0.2, 0.25) is 0 Å². The minimum atomic E-state index is -1.19. The van der Waals surface area contributed by atoms with Crippen LogP contribution < -0.4 is 11.1 Å². The average molecular weight is 440 g/mol. The van der Waals surface area contributed by atoms with Gasteiger partial charge in [-0.2, -0.15) is 0 Å². The van der Waals surface area contributed by atoms with E-state index in [2.05, 4.69) is 25.5 Å². The van der Waals surface area contributed by atoms with E-state index in [1.807, 2.05) is 0 Å². The molecule has 0 saturated carbocycles. The third-order valence-electron chi connectivity index (χ3n) is 4.62. The zero-order valence-corrected chi connectivity index (χ0v) is 17.2. The van der Waals surface area contributed by atoms with E-state index in [0.717, 1.165) is 0 Å². The van der Waals surface area contributed by atoms with Crippen molar-refractivity contribution in [1.29, 1.82) is 0 Å². The second-order valence-electron chi connectivity index (χ2n) is 6.67. The Morgan fingerprint density at radius 3 is 2.72 bits per heavy atom. The number of aromatic carboxylic acids is 1. The van der Waals surface area contributed by atoms with E-state index in [1.165, 1.54) is 22.3 Å². The van der Waals surface area contributed by atoms with Gasteiger partial charge in [-0.3, -0.25) is 0 Å². The number of carbonyl (C=O) groups is 2. The SMILES string of the molecule is CCOC(=O)c1c(N)nn2ccc([C@H](COC)Nc3nn4cccnc4c3C(=O)O)nc12. The van der Waals surface area contributed by atoms with Gasteiger partial charge in [-0.05, 0) is 19.1 Å². The highest BCUT2D eigenvalue weighted by Crippen LogP contribution is 2.25. The van der Waals surface area contributed by atoms with E-state index in [4.69, 9.17) is 15.2 Å². The number of carboxylic acid groups (broad SMARTS) is 1. The molecule has 32 heavy (non-hydrogen) atoms. The molecule has 0 aliphatic carbocycles. The number of nitrogen functional groups attached to an aromatic ring is 1. The molecular weight excluding hydrogens is 420 g/mol. The lowest BCUT2D eigenvalue weighted by atomic mass is 10.2. The number of esters is 1. The maximum atomic E-state index is 12.3. The first-order valence-electron chi connectivity index (χ1n) is 9.58. The third kappa shape index (κ3) is 3.65. The van der Waals surface area contributed by atoms with E-state index in [0.29, 0.717) is 5.69 Å². The fourth-order valence-electron chi connectivity index (χ4n) is 3.27. The van der Waals surface area contributed by atoms with Gasteiger partial charge >= 0.3 is 11.9 Å². The topological polar surface area (TPSA) is 171 Å². The Bertz CT molecular complexity index is 1310. The average Bonchev–Trinajstić information content (AvgIpc) is 3.29. The summed E-state index contributed by atoms with van der Waals surface area (Å²) in [6.07, 6.45) is 4.66. The fraction of sp³-hybridized carbons (Fsp3) is 0.263. The molecule has 0 aliphatic heterocycles. The van der Waals surface area contributed by atoms with Crippen LogP contribution in [-0.4, -0.2) is 66.6 Å². The van der Waals surface area contributed by atoms with E-state index < -0.39 is 18.0 Å². The van der Waals surface area contributed by atoms with Crippen molar-refractivity contribution in [2.75, 3.05) is 31.4 Å². The minimum absolute atomic E-state index is 0.0102. The molecule has 13 heteroatoms. The summed E-state index contributed by atoms with van der Waals surface area (Å²) in [5.41, 5.74) is 6.70. The number of anilines is 2. The smallest absolute Gasteiger partial charge is 0.345 e. The van der Waals surface area contributed by atoms with Crippen LogP contribution in [0.1, 0.15) is 39.4 Å². The number of methoxy groups -OCH3 is 1. The lowest BCUT2D eigenvalue weighted by molar-refractivity contribution is 0.0529. The molecule has 0 aromatic carbocycles. The quantitative estimate of drug-likeness (QED) is 0.334. The first kappa shape index (κ1) is 21.0. The Kier molecular flexibility index (Phi) is 5.55. The fourth-order valence-corrected chi connectivity index (χ4v) is 3.27. The van der Waals surface area contributed by atoms with Crippen molar-refractivity contribution in [2.45, 2.75) is 13.0 Å². The van der Waals surface area contributed by atoms with E-state index in [9.17, 15) is 14.7 Å². The van der Waals surface area contributed by atoms with Gasteiger partial charge in [0.1, 0.15) is 11.1 Å². The van der Waals surface area contributed by atoms with E-state index in [1.54, 1.807) is 31.5 Å². The molecule has 0 spiro atoms. The molecule has 0 radical (unpaired) electrons. The number of nitrogens with one attached hydrogen (secondary N) is 1. The second kappa shape index (κ2) is 8.47. The molecular formula is C19H20N8O5. The standard InChI is InChI=1S/C19H20N8O5/c1-3-32-19(30)12-14(20)24-27-8-5-10(23-17(12)27)11(9-31-2)22-15-13(18(28)29)16-21-6-4-7-26(16)25-15/h4-8,11H,3,9H2,1-2H3,(H2,20,24)(H,22,25)(H,28,29)/t11-/m0/s1. The molecule has 166 valence electrons. The summed E-state index contributed by atoms with van der Waals surface area (Å²) in [5, 5.41) is 21.1. The first-order chi connectivity index (χ1) is 15.4. The molecule has 0 fully saturated rings. The van der Waals surface area contributed by atoms with Gasteiger partial charge in [0.05, 0.1) is 24.9 Å². The summed E-state index contributed by atoms with van der Waals surface area (Å²) in [4.78, 5) is 32.8. The van der Waals surface area contributed by atoms with Gasteiger partial charge in [0, 0.05) is 25.7 Å². The molecule has 4 heterocycles. The molecule has 1 atom stereocenters. The number of carbonyl (C=O) groups excluding carboxylic acids is 1. The molecule has 4 aromatic heterocycles. The first-order valence-corrected chi connectivity index (χ1v) is 9.58. The predicted molar refractivity (Wildman–Crippen MR) is 112 cm³/mol. The number of aromatic nitrogens is 6. The number of hydrogen-bond donors (Lipinski definition) is 3. The van der Waals surface area contributed by atoms with Gasteiger partial charge in [-0.1, -0.05) is 0 Å². The molecule has 4 N–H and O–H groups in total. The summed E-state index contributed by atoms with van der Waals surface area (Å²) in [6.45, 7) is 1.98. The van der Waals surface area contributed by atoms with Crippen LogP contribution in [0.25, 0.3) is 11.3 Å². The zero-order chi connectivity index (χ0) is 22.8. The van der Waals surface area contributed by atoms with Crippen molar-refractivity contribution in [2.24, 2.45) is 0 Å². The van der Waals surface area contributed by atoms with Crippen LogP contribution in [-0.2, 0) is 9.47 Å². The largest absolute Gasteiger partial charge is 0.477 e. The molecule has 0 saturated heterocycles. The Labute approximate surface area is 180 Å². The van der Waals surface area contributed by atoms with Crippen molar-refractivity contribution in [3.05, 3.63) is 47.5 Å². The van der Waals surface area contributed by atoms with Crippen molar-refractivity contribution in [1.82, 2.24) is 29.2 Å². The molecule has 0 unspecified atom stereocenters. The Morgan fingerprint density at radius 1 is 1.22 bits per heavy atom. The molecule has 13 nitrogen and oxygen atoms in total. The van der Waals surface area contributed by atoms with Crippen LogP contribution >= 0.6 is 0 Å². The number of hydrogen-bond acceptors (Lipinski definition) is 10. The molecule has 4 aromatic rings. The van der Waals surface area contributed by atoms with Crippen LogP contribution in [0, 0.1) is 0 Å². The van der Waals surface area contributed by atoms with Crippen LogP contribution in [0.5, 0.6) is 0 Å². The normalized spacial score (nSPS) is 12.2. The van der Waals surface area contributed by atoms with Gasteiger partial charge in [-0.15, -0.1) is 10.2 Å². The second-order valence-corrected chi connectivity index (χ2v) is 6.67. The summed E-state index contributed by atoms with van der Waals surface area (Å²) in [7, 11) is 1.50. The van der Waals surface area contributed by atoms with Crippen molar-refractivity contribution in [3.8, 4) is 0 Å². The molecule has 0 aliphatic rings. The number of carboxylic acids is 1. The Hall–Kier alpha value is -4.26.